The quantitative estimate of drug-likeness (QED) is 0.588. The number of nitrogens with zero attached hydrogens (tertiary/aromatic N) is 1. The van der Waals surface area contributed by atoms with Crippen molar-refractivity contribution in [2.24, 2.45) is 0 Å². The summed E-state index contributed by atoms with van der Waals surface area (Å²) in [6.45, 7) is -0.360. The van der Waals surface area contributed by atoms with Gasteiger partial charge >= 0.3 is 5.97 Å². The van der Waals surface area contributed by atoms with E-state index in [2.05, 4.69) is 5.32 Å². The third-order valence-corrected chi connectivity index (χ3v) is 4.69. The molecular formula is C25H22N2O3. The van der Waals surface area contributed by atoms with E-state index in [-0.39, 0.29) is 18.9 Å². The topological polar surface area (TPSA) is 79.2 Å². The van der Waals surface area contributed by atoms with E-state index >= 15 is 0 Å². The van der Waals surface area contributed by atoms with E-state index in [0.717, 1.165) is 16.7 Å². The Balaban J connectivity index is 1.87. The molecule has 3 aromatic rings. The number of hydrogen-bond donors (Lipinski definition) is 1. The molecule has 1 N–H and O–H groups in total. The van der Waals surface area contributed by atoms with Gasteiger partial charge in [-0.3, -0.25) is 4.79 Å². The summed E-state index contributed by atoms with van der Waals surface area (Å²) in [5, 5.41) is 11.6. The maximum Gasteiger partial charge on any atom is 0.330 e. The predicted molar refractivity (Wildman–Crippen MR) is 113 cm³/mol. The van der Waals surface area contributed by atoms with Crippen molar-refractivity contribution in [3.8, 4) is 6.07 Å². The largest absolute Gasteiger partial charge is 0.449 e. The second-order valence-corrected chi connectivity index (χ2v) is 6.77. The van der Waals surface area contributed by atoms with E-state index in [1.165, 1.54) is 0 Å². The molecule has 5 heteroatoms. The van der Waals surface area contributed by atoms with Gasteiger partial charge in [0.25, 0.3) is 0 Å². The van der Waals surface area contributed by atoms with Gasteiger partial charge in [-0.25, -0.2) is 4.79 Å². The number of rotatable bonds is 8. The molecule has 0 heterocycles. The molecule has 3 aromatic carbocycles. The van der Waals surface area contributed by atoms with Crippen LogP contribution in [0.25, 0.3) is 0 Å². The van der Waals surface area contributed by atoms with Crippen LogP contribution >= 0.6 is 0 Å². The number of benzene rings is 3. The molecule has 0 fully saturated rings. The van der Waals surface area contributed by atoms with Crippen molar-refractivity contribution in [3.63, 3.8) is 0 Å². The molecule has 0 saturated heterocycles. The summed E-state index contributed by atoms with van der Waals surface area (Å²) in [4.78, 5) is 25.9. The molecule has 0 saturated carbocycles. The highest BCUT2D eigenvalue weighted by atomic mass is 16.5. The van der Waals surface area contributed by atoms with Crippen LogP contribution in [-0.4, -0.2) is 24.5 Å². The number of nitrogens with one attached hydrogen (secondary N) is 1. The smallest absolute Gasteiger partial charge is 0.330 e. The van der Waals surface area contributed by atoms with E-state index in [4.69, 9.17) is 10.00 Å². The Hall–Kier alpha value is -3.91. The number of esters is 1. The van der Waals surface area contributed by atoms with Crippen LogP contribution in [0, 0.1) is 11.3 Å². The Morgan fingerprint density at radius 2 is 1.33 bits per heavy atom. The minimum absolute atomic E-state index is 0.271. The van der Waals surface area contributed by atoms with Gasteiger partial charge in [0, 0.05) is 6.42 Å². The zero-order chi connectivity index (χ0) is 21.2. The van der Waals surface area contributed by atoms with E-state index in [9.17, 15) is 9.59 Å². The molecule has 1 amide bonds. The SMILES string of the molecule is N#CCOC(=O)[C@@H](Cc1ccccc1)NC(=O)C(c1ccccc1)c1ccccc1. The highest BCUT2D eigenvalue weighted by Gasteiger charge is 2.28. The van der Waals surface area contributed by atoms with E-state index < -0.39 is 17.9 Å². The molecule has 0 aliphatic carbocycles. The molecule has 0 aliphatic heterocycles. The second-order valence-electron chi connectivity index (χ2n) is 6.77. The Kier molecular flexibility index (Phi) is 7.34. The van der Waals surface area contributed by atoms with Gasteiger partial charge in [0.05, 0.1) is 5.92 Å². The van der Waals surface area contributed by atoms with Crippen LogP contribution in [0.15, 0.2) is 91.0 Å². The molecule has 0 unspecified atom stereocenters. The van der Waals surface area contributed by atoms with Crippen molar-refractivity contribution in [2.45, 2.75) is 18.4 Å². The Bertz CT molecular complexity index is 959. The van der Waals surface area contributed by atoms with Crippen LogP contribution in [0.5, 0.6) is 0 Å². The first-order chi connectivity index (χ1) is 14.7. The van der Waals surface area contributed by atoms with Crippen LogP contribution in [0.4, 0.5) is 0 Å². The third-order valence-electron chi connectivity index (χ3n) is 4.69. The number of carbonyl (C=O) groups is 2. The normalized spacial score (nSPS) is 11.3. The summed E-state index contributed by atoms with van der Waals surface area (Å²) < 4.78 is 5.00. The molecule has 0 aromatic heterocycles. The zero-order valence-corrected chi connectivity index (χ0v) is 16.4. The van der Waals surface area contributed by atoms with Crippen LogP contribution in [0.3, 0.4) is 0 Å². The fourth-order valence-corrected chi connectivity index (χ4v) is 3.29. The lowest BCUT2D eigenvalue weighted by atomic mass is 9.90. The van der Waals surface area contributed by atoms with Crippen molar-refractivity contribution >= 4 is 11.9 Å². The fourth-order valence-electron chi connectivity index (χ4n) is 3.29. The molecule has 1 atom stereocenters. The monoisotopic (exact) mass is 398 g/mol. The van der Waals surface area contributed by atoms with Gasteiger partial charge in [0.1, 0.15) is 12.1 Å². The van der Waals surface area contributed by atoms with Crippen LogP contribution < -0.4 is 5.32 Å². The van der Waals surface area contributed by atoms with Gasteiger partial charge in [0.2, 0.25) is 5.91 Å². The third kappa shape index (κ3) is 5.55. The molecule has 150 valence electrons. The standard InChI is InChI=1S/C25H22N2O3/c26-16-17-30-25(29)22(18-19-10-4-1-5-11-19)27-24(28)23(20-12-6-2-7-13-20)21-14-8-3-9-15-21/h1-15,22-23H,17-18H2,(H,27,28)/t22-/m1/s1. The van der Waals surface area contributed by atoms with Gasteiger partial charge in [-0.1, -0.05) is 91.0 Å². The van der Waals surface area contributed by atoms with Crippen molar-refractivity contribution in [2.75, 3.05) is 6.61 Å². The highest BCUT2D eigenvalue weighted by molar-refractivity contribution is 5.91. The summed E-state index contributed by atoms with van der Waals surface area (Å²) in [6.07, 6.45) is 0.271. The van der Waals surface area contributed by atoms with E-state index in [1.54, 1.807) is 6.07 Å². The Morgan fingerprint density at radius 3 is 1.83 bits per heavy atom. The molecule has 0 aliphatic rings. The number of amides is 1. The van der Waals surface area contributed by atoms with Gasteiger partial charge in [-0.05, 0) is 16.7 Å². The van der Waals surface area contributed by atoms with Crippen LogP contribution in [0.2, 0.25) is 0 Å². The van der Waals surface area contributed by atoms with Crippen LogP contribution in [-0.2, 0) is 20.7 Å². The minimum atomic E-state index is -0.900. The van der Waals surface area contributed by atoms with Crippen molar-refractivity contribution in [1.29, 1.82) is 5.26 Å². The Morgan fingerprint density at radius 1 is 0.833 bits per heavy atom. The average Bonchev–Trinajstić information content (AvgIpc) is 2.79. The first-order valence-corrected chi connectivity index (χ1v) is 9.67. The lowest BCUT2D eigenvalue weighted by molar-refractivity contribution is -0.146. The summed E-state index contributed by atoms with van der Waals surface area (Å²) in [5.74, 6) is -1.51. The number of carbonyl (C=O) groups excluding carboxylic acids is 2. The molecule has 0 spiro atoms. The number of ether oxygens (including phenoxy) is 1. The van der Waals surface area contributed by atoms with Crippen molar-refractivity contribution < 1.29 is 14.3 Å². The summed E-state index contributed by atoms with van der Waals surface area (Å²) >= 11 is 0. The second kappa shape index (κ2) is 10.6. The lowest BCUT2D eigenvalue weighted by Crippen LogP contribution is -2.45. The summed E-state index contributed by atoms with van der Waals surface area (Å²) in [6, 6.07) is 29.1. The maximum absolute atomic E-state index is 13.3. The molecule has 30 heavy (non-hydrogen) atoms. The molecular weight excluding hydrogens is 376 g/mol. The molecule has 0 bridgehead atoms. The Labute approximate surface area is 175 Å². The number of hydrogen-bond acceptors (Lipinski definition) is 4. The molecule has 5 nitrogen and oxygen atoms in total. The molecule has 3 rings (SSSR count). The van der Waals surface area contributed by atoms with Gasteiger partial charge in [-0.15, -0.1) is 0 Å². The van der Waals surface area contributed by atoms with Gasteiger partial charge < -0.3 is 10.1 Å². The predicted octanol–water partition coefficient (Wildman–Crippen LogP) is 3.61. The number of nitriles is 1. The molecule has 0 radical (unpaired) electrons. The van der Waals surface area contributed by atoms with E-state index in [1.807, 2.05) is 91.0 Å². The lowest BCUT2D eigenvalue weighted by Gasteiger charge is -2.22. The fraction of sp³-hybridized carbons (Fsp3) is 0.160. The maximum atomic E-state index is 13.3. The summed E-state index contributed by atoms with van der Waals surface area (Å²) in [7, 11) is 0. The van der Waals surface area contributed by atoms with Crippen LogP contribution in [0.1, 0.15) is 22.6 Å². The average molecular weight is 398 g/mol. The first-order valence-electron chi connectivity index (χ1n) is 9.67. The minimum Gasteiger partial charge on any atom is -0.449 e. The highest BCUT2D eigenvalue weighted by Crippen LogP contribution is 2.25. The zero-order valence-electron chi connectivity index (χ0n) is 16.4. The van der Waals surface area contributed by atoms with Crippen molar-refractivity contribution in [1.82, 2.24) is 5.32 Å². The van der Waals surface area contributed by atoms with Crippen molar-refractivity contribution in [3.05, 3.63) is 108 Å². The van der Waals surface area contributed by atoms with Gasteiger partial charge in [-0.2, -0.15) is 5.26 Å². The summed E-state index contributed by atoms with van der Waals surface area (Å²) in [5.41, 5.74) is 2.53. The van der Waals surface area contributed by atoms with Gasteiger partial charge in [0.15, 0.2) is 6.61 Å². The van der Waals surface area contributed by atoms with E-state index in [0.29, 0.717) is 0 Å². The first kappa shape index (κ1) is 20.8.